The number of hydrogen-bond donors (Lipinski definition) is 1. The fourth-order valence-electron chi connectivity index (χ4n) is 2.18. The van der Waals surface area contributed by atoms with E-state index >= 15 is 0 Å². The van der Waals surface area contributed by atoms with Crippen LogP contribution in [0.5, 0.6) is 23.0 Å². The van der Waals surface area contributed by atoms with Gasteiger partial charge in [0.05, 0.1) is 19.8 Å². The number of phenolic OH excluding ortho intramolecular Hbond substituents is 1. The van der Waals surface area contributed by atoms with Crippen LogP contribution in [0.4, 0.5) is 0 Å². The predicted octanol–water partition coefficient (Wildman–Crippen LogP) is 2.73. The Bertz CT molecular complexity index is 930. The highest BCUT2D eigenvalue weighted by molar-refractivity contribution is 5.91. The molecule has 8 nitrogen and oxygen atoms in total. The first-order chi connectivity index (χ1) is 13.3. The molecule has 1 N–H and O–H groups in total. The number of esters is 3. The van der Waals surface area contributed by atoms with Crippen LogP contribution in [0, 0.1) is 0 Å². The van der Waals surface area contributed by atoms with Crippen molar-refractivity contribution in [3.63, 3.8) is 0 Å². The first-order valence-corrected chi connectivity index (χ1v) is 8.01. The highest BCUT2D eigenvalue weighted by atomic mass is 16.6. The molecule has 0 aromatic heterocycles. The summed E-state index contributed by atoms with van der Waals surface area (Å²) in [5.74, 6) is -1.76. The van der Waals surface area contributed by atoms with E-state index in [2.05, 4.69) is 4.74 Å². The summed E-state index contributed by atoms with van der Waals surface area (Å²) in [5.41, 5.74) is 0.713. The van der Waals surface area contributed by atoms with Gasteiger partial charge >= 0.3 is 17.9 Å². The Balaban J connectivity index is 2.09. The van der Waals surface area contributed by atoms with Crippen molar-refractivity contribution < 1.29 is 38.4 Å². The normalized spacial score (nSPS) is 10.4. The summed E-state index contributed by atoms with van der Waals surface area (Å²) in [6, 6.07) is 8.50. The van der Waals surface area contributed by atoms with Gasteiger partial charge in [0.25, 0.3) is 0 Å². The topological polar surface area (TPSA) is 108 Å². The largest absolute Gasteiger partial charge is 0.504 e. The molecular formula is C20H18O8. The molecule has 0 amide bonds. The van der Waals surface area contributed by atoms with Gasteiger partial charge in [-0.05, 0) is 42.0 Å². The smallest absolute Gasteiger partial charge is 0.337 e. The van der Waals surface area contributed by atoms with E-state index in [1.165, 1.54) is 45.4 Å². The summed E-state index contributed by atoms with van der Waals surface area (Å²) in [6.07, 6.45) is 2.61. The van der Waals surface area contributed by atoms with E-state index in [0.717, 1.165) is 12.1 Å². The van der Waals surface area contributed by atoms with E-state index in [1.54, 1.807) is 12.1 Å². The van der Waals surface area contributed by atoms with Crippen LogP contribution in [0.25, 0.3) is 6.08 Å². The molecule has 0 fully saturated rings. The fourth-order valence-corrected chi connectivity index (χ4v) is 2.18. The van der Waals surface area contributed by atoms with Crippen LogP contribution in [-0.2, 0) is 14.3 Å². The van der Waals surface area contributed by atoms with Gasteiger partial charge in [0, 0.05) is 13.0 Å². The van der Waals surface area contributed by atoms with Gasteiger partial charge in [-0.3, -0.25) is 4.79 Å². The molecule has 0 bridgehead atoms. The summed E-state index contributed by atoms with van der Waals surface area (Å²) >= 11 is 0. The van der Waals surface area contributed by atoms with Crippen LogP contribution in [0.15, 0.2) is 42.5 Å². The summed E-state index contributed by atoms with van der Waals surface area (Å²) in [6.45, 7) is 1.27. The van der Waals surface area contributed by atoms with Crippen molar-refractivity contribution in [2.75, 3.05) is 14.2 Å². The van der Waals surface area contributed by atoms with Crippen LogP contribution in [-0.4, -0.2) is 37.2 Å². The van der Waals surface area contributed by atoms with Crippen LogP contribution in [0.1, 0.15) is 22.8 Å². The van der Waals surface area contributed by atoms with Crippen molar-refractivity contribution in [1.29, 1.82) is 0 Å². The summed E-state index contributed by atoms with van der Waals surface area (Å²) < 4.78 is 19.7. The Hall–Kier alpha value is -3.81. The lowest BCUT2D eigenvalue weighted by molar-refractivity contribution is -0.132. The number of carbonyl (C=O) groups excluding carboxylic acids is 3. The Morgan fingerprint density at radius 1 is 0.929 bits per heavy atom. The van der Waals surface area contributed by atoms with Crippen molar-refractivity contribution in [3.8, 4) is 23.0 Å². The maximum absolute atomic E-state index is 12.0. The minimum absolute atomic E-state index is 0.106. The molecule has 0 heterocycles. The van der Waals surface area contributed by atoms with Gasteiger partial charge in [0.1, 0.15) is 0 Å². The molecule has 0 atom stereocenters. The number of benzene rings is 2. The van der Waals surface area contributed by atoms with Crippen molar-refractivity contribution in [1.82, 2.24) is 0 Å². The summed E-state index contributed by atoms with van der Waals surface area (Å²) in [5, 5.41) is 9.87. The van der Waals surface area contributed by atoms with Crippen LogP contribution in [0.2, 0.25) is 0 Å². The zero-order valence-electron chi connectivity index (χ0n) is 15.4. The van der Waals surface area contributed by atoms with Gasteiger partial charge in [0.2, 0.25) is 0 Å². The van der Waals surface area contributed by atoms with Crippen molar-refractivity contribution in [2.45, 2.75) is 6.92 Å². The Kier molecular flexibility index (Phi) is 6.75. The minimum Gasteiger partial charge on any atom is -0.504 e. The second-order valence-corrected chi connectivity index (χ2v) is 5.43. The quantitative estimate of drug-likeness (QED) is 0.459. The number of phenols is 1. The molecule has 2 rings (SSSR count). The second kappa shape index (κ2) is 9.22. The predicted molar refractivity (Wildman–Crippen MR) is 98.4 cm³/mol. The maximum Gasteiger partial charge on any atom is 0.337 e. The van der Waals surface area contributed by atoms with Gasteiger partial charge in [0.15, 0.2) is 23.0 Å². The van der Waals surface area contributed by atoms with E-state index in [9.17, 15) is 19.5 Å². The average molecular weight is 386 g/mol. The SMILES string of the molecule is COC(=O)c1ccc(OC(=O)/C=C/c2ccc(OC(C)=O)c(OC)c2)c(O)c1. The number of rotatable bonds is 6. The highest BCUT2D eigenvalue weighted by Crippen LogP contribution is 2.29. The molecule has 0 aliphatic rings. The standard InChI is InChI=1S/C20H18O8/c1-12(21)27-17-7-4-13(10-18(17)25-2)5-9-19(23)28-16-8-6-14(11-15(16)22)20(24)26-3/h4-11,22H,1-3H3/b9-5+. The first kappa shape index (κ1) is 20.5. The van der Waals surface area contributed by atoms with Gasteiger partial charge in [-0.25, -0.2) is 9.59 Å². The van der Waals surface area contributed by atoms with E-state index in [-0.39, 0.29) is 22.8 Å². The van der Waals surface area contributed by atoms with Crippen molar-refractivity contribution >= 4 is 24.0 Å². The molecule has 2 aromatic carbocycles. The Morgan fingerprint density at radius 2 is 1.64 bits per heavy atom. The number of methoxy groups -OCH3 is 2. The molecule has 0 saturated carbocycles. The zero-order chi connectivity index (χ0) is 20.7. The fraction of sp³-hybridized carbons (Fsp3) is 0.150. The third-order valence-electron chi connectivity index (χ3n) is 3.44. The molecule has 8 heteroatoms. The monoisotopic (exact) mass is 386 g/mol. The molecular weight excluding hydrogens is 368 g/mol. The molecule has 0 saturated heterocycles. The third kappa shape index (κ3) is 5.34. The Labute approximate surface area is 160 Å². The van der Waals surface area contributed by atoms with Crippen LogP contribution >= 0.6 is 0 Å². The molecule has 146 valence electrons. The van der Waals surface area contributed by atoms with Crippen LogP contribution in [0.3, 0.4) is 0 Å². The second-order valence-electron chi connectivity index (χ2n) is 5.43. The third-order valence-corrected chi connectivity index (χ3v) is 3.44. The lowest BCUT2D eigenvalue weighted by Crippen LogP contribution is -2.05. The van der Waals surface area contributed by atoms with Gasteiger partial charge in [-0.1, -0.05) is 6.07 Å². The van der Waals surface area contributed by atoms with Gasteiger partial charge in [-0.15, -0.1) is 0 Å². The molecule has 28 heavy (non-hydrogen) atoms. The lowest BCUT2D eigenvalue weighted by Gasteiger charge is -2.08. The molecule has 0 radical (unpaired) electrons. The van der Waals surface area contributed by atoms with E-state index < -0.39 is 17.9 Å². The lowest BCUT2D eigenvalue weighted by atomic mass is 10.2. The highest BCUT2D eigenvalue weighted by Gasteiger charge is 2.12. The van der Waals surface area contributed by atoms with E-state index in [4.69, 9.17) is 14.2 Å². The van der Waals surface area contributed by atoms with Crippen molar-refractivity contribution in [2.24, 2.45) is 0 Å². The molecule has 2 aromatic rings. The van der Waals surface area contributed by atoms with Gasteiger partial charge < -0.3 is 24.1 Å². The molecule has 0 unspecified atom stereocenters. The molecule has 0 aliphatic carbocycles. The zero-order valence-corrected chi connectivity index (χ0v) is 15.4. The van der Waals surface area contributed by atoms with E-state index in [1.807, 2.05) is 0 Å². The summed E-state index contributed by atoms with van der Waals surface area (Å²) in [7, 11) is 2.64. The number of hydrogen-bond acceptors (Lipinski definition) is 8. The van der Waals surface area contributed by atoms with E-state index in [0.29, 0.717) is 11.3 Å². The van der Waals surface area contributed by atoms with Gasteiger partial charge in [-0.2, -0.15) is 0 Å². The first-order valence-electron chi connectivity index (χ1n) is 8.01. The number of carbonyl (C=O) groups is 3. The van der Waals surface area contributed by atoms with Crippen LogP contribution < -0.4 is 14.2 Å². The number of ether oxygens (including phenoxy) is 4. The van der Waals surface area contributed by atoms with Crippen molar-refractivity contribution in [3.05, 3.63) is 53.6 Å². The molecule has 0 aliphatic heterocycles. The number of aromatic hydroxyl groups is 1. The minimum atomic E-state index is -0.746. The Morgan fingerprint density at radius 3 is 2.25 bits per heavy atom. The molecule has 0 spiro atoms. The maximum atomic E-state index is 12.0. The average Bonchev–Trinajstić information content (AvgIpc) is 2.67. The summed E-state index contributed by atoms with van der Waals surface area (Å²) in [4.78, 5) is 34.4.